The van der Waals surface area contributed by atoms with Gasteiger partial charge in [-0.1, -0.05) is 41.4 Å². The number of aryl methyl sites for hydroxylation is 1. The lowest BCUT2D eigenvalue weighted by atomic mass is 9.97. The van der Waals surface area contributed by atoms with E-state index < -0.39 is 0 Å². The highest BCUT2D eigenvalue weighted by Crippen LogP contribution is 2.28. The van der Waals surface area contributed by atoms with E-state index in [1.807, 2.05) is 25.2 Å². The highest BCUT2D eigenvalue weighted by atomic mass is 35.5. The molecule has 1 N–H and O–H groups in total. The summed E-state index contributed by atoms with van der Waals surface area (Å²) in [6.45, 7) is 2.11. The molecule has 0 saturated heterocycles. The molecule has 2 nitrogen and oxygen atoms in total. The highest BCUT2D eigenvalue weighted by molar-refractivity contribution is 6.30. The van der Waals surface area contributed by atoms with Crippen LogP contribution in [-0.4, -0.2) is 14.2 Å². The number of benzene rings is 2. The molecule has 0 heterocycles. The summed E-state index contributed by atoms with van der Waals surface area (Å²) in [5.41, 5.74) is 3.65. The summed E-state index contributed by atoms with van der Waals surface area (Å²) in [6.07, 6.45) is 0.837. The predicted molar refractivity (Wildman–Crippen MR) is 84.7 cm³/mol. The lowest BCUT2D eigenvalue weighted by Crippen LogP contribution is -2.19. The summed E-state index contributed by atoms with van der Waals surface area (Å²) >= 11 is 6.10. The van der Waals surface area contributed by atoms with Crippen molar-refractivity contribution in [3.8, 4) is 5.75 Å². The molecule has 3 heteroatoms. The monoisotopic (exact) mass is 289 g/mol. The predicted octanol–water partition coefficient (Wildman–Crippen LogP) is 4.16. The van der Waals surface area contributed by atoms with Gasteiger partial charge in [-0.05, 0) is 49.7 Å². The van der Waals surface area contributed by atoms with Crippen LogP contribution in [0, 0.1) is 6.92 Å². The van der Waals surface area contributed by atoms with Crippen LogP contribution in [0.1, 0.15) is 22.7 Å². The van der Waals surface area contributed by atoms with E-state index in [1.165, 1.54) is 11.1 Å². The van der Waals surface area contributed by atoms with Crippen molar-refractivity contribution in [1.29, 1.82) is 0 Å². The largest absolute Gasteiger partial charge is 0.496 e. The Bertz CT molecular complexity index is 583. The molecule has 20 heavy (non-hydrogen) atoms. The minimum Gasteiger partial charge on any atom is -0.496 e. The van der Waals surface area contributed by atoms with Crippen LogP contribution in [0.3, 0.4) is 0 Å². The molecule has 106 valence electrons. The van der Waals surface area contributed by atoms with E-state index in [0.29, 0.717) is 0 Å². The van der Waals surface area contributed by atoms with Gasteiger partial charge in [-0.15, -0.1) is 0 Å². The number of ether oxygens (including phenoxy) is 1. The maximum Gasteiger partial charge on any atom is 0.122 e. The molecular weight excluding hydrogens is 270 g/mol. The molecule has 0 aromatic heterocycles. The molecule has 0 aliphatic heterocycles. The van der Waals surface area contributed by atoms with E-state index >= 15 is 0 Å². The van der Waals surface area contributed by atoms with Crippen molar-refractivity contribution in [1.82, 2.24) is 5.32 Å². The summed E-state index contributed by atoms with van der Waals surface area (Å²) in [7, 11) is 3.66. The maximum atomic E-state index is 6.10. The molecule has 0 aliphatic rings. The smallest absolute Gasteiger partial charge is 0.122 e. The topological polar surface area (TPSA) is 21.3 Å². The van der Waals surface area contributed by atoms with E-state index in [-0.39, 0.29) is 6.04 Å². The van der Waals surface area contributed by atoms with Crippen LogP contribution in [-0.2, 0) is 6.42 Å². The Kier molecular flexibility index (Phi) is 5.05. The average Bonchev–Trinajstić information content (AvgIpc) is 2.45. The van der Waals surface area contributed by atoms with Crippen LogP contribution in [0.2, 0.25) is 5.02 Å². The van der Waals surface area contributed by atoms with Crippen molar-refractivity contribution < 1.29 is 4.74 Å². The molecule has 2 aromatic rings. The van der Waals surface area contributed by atoms with Gasteiger partial charge in [0.1, 0.15) is 5.75 Å². The summed E-state index contributed by atoms with van der Waals surface area (Å²) in [5, 5.41) is 4.10. The molecule has 0 radical (unpaired) electrons. The molecule has 1 unspecified atom stereocenters. The second-order valence-electron chi connectivity index (χ2n) is 4.92. The highest BCUT2D eigenvalue weighted by Gasteiger charge is 2.13. The fourth-order valence-corrected chi connectivity index (χ4v) is 2.59. The zero-order chi connectivity index (χ0) is 14.5. The van der Waals surface area contributed by atoms with E-state index in [2.05, 4.69) is 36.5 Å². The van der Waals surface area contributed by atoms with Gasteiger partial charge in [-0.3, -0.25) is 0 Å². The van der Waals surface area contributed by atoms with E-state index in [0.717, 1.165) is 22.8 Å². The first-order valence-electron chi connectivity index (χ1n) is 6.70. The Morgan fingerprint density at radius 3 is 2.65 bits per heavy atom. The standard InChI is InChI=1S/C17H20ClNO/c1-12-5-4-6-13(9-12)16(19-2)11-14-10-15(18)7-8-17(14)20-3/h4-10,16,19H,11H2,1-3H3. The lowest BCUT2D eigenvalue weighted by molar-refractivity contribution is 0.406. The first-order valence-corrected chi connectivity index (χ1v) is 7.08. The van der Waals surface area contributed by atoms with Crippen LogP contribution in [0.5, 0.6) is 5.75 Å². The Balaban J connectivity index is 2.28. The van der Waals surface area contributed by atoms with Gasteiger partial charge in [-0.2, -0.15) is 0 Å². The molecule has 0 aliphatic carbocycles. The summed E-state index contributed by atoms with van der Waals surface area (Å²) in [4.78, 5) is 0. The molecule has 0 spiro atoms. The second-order valence-corrected chi connectivity index (χ2v) is 5.35. The third kappa shape index (κ3) is 3.53. The summed E-state index contributed by atoms with van der Waals surface area (Å²) < 4.78 is 5.42. The average molecular weight is 290 g/mol. The van der Waals surface area contributed by atoms with Gasteiger partial charge in [0.2, 0.25) is 0 Å². The first kappa shape index (κ1) is 14.9. The van der Waals surface area contributed by atoms with Crippen LogP contribution in [0.4, 0.5) is 0 Å². The number of halogens is 1. The van der Waals surface area contributed by atoms with Gasteiger partial charge in [0, 0.05) is 11.1 Å². The Hall–Kier alpha value is -1.51. The van der Waals surface area contributed by atoms with E-state index in [1.54, 1.807) is 7.11 Å². The summed E-state index contributed by atoms with van der Waals surface area (Å²) in [6, 6.07) is 14.5. The third-order valence-electron chi connectivity index (χ3n) is 3.46. The molecule has 1 atom stereocenters. The third-order valence-corrected chi connectivity index (χ3v) is 3.69. The zero-order valence-corrected chi connectivity index (χ0v) is 12.9. The maximum absolute atomic E-state index is 6.10. The molecule has 0 amide bonds. The van der Waals surface area contributed by atoms with Gasteiger partial charge >= 0.3 is 0 Å². The number of likely N-dealkylation sites (N-methyl/N-ethyl adjacent to an activating group) is 1. The van der Waals surface area contributed by atoms with Crippen molar-refractivity contribution in [3.63, 3.8) is 0 Å². The lowest BCUT2D eigenvalue weighted by Gasteiger charge is -2.19. The number of hydrogen-bond acceptors (Lipinski definition) is 2. The Morgan fingerprint density at radius 1 is 1.20 bits per heavy atom. The van der Waals surface area contributed by atoms with Crippen molar-refractivity contribution >= 4 is 11.6 Å². The SMILES string of the molecule is CNC(Cc1cc(Cl)ccc1OC)c1cccc(C)c1. The minimum atomic E-state index is 0.238. The number of hydrogen-bond donors (Lipinski definition) is 1. The zero-order valence-electron chi connectivity index (χ0n) is 12.1. The van der Waals surface area contributed by atoms with Gasteiger partial charge in [0.05, 0.1) is 7.11 Å². The number of nitrogens with one attached hydrogen (secondary N) is 1. The Labute approximate surface area is 125 Å². The second kappa shape index (κ2) is 6.78. The van der Waals surface area contributed by atoms with Crippen LogP contribution >= 0.6 is 11.6 Å². The minimum absolute atomic E-state index is 0.238. The molecule has 0 fully saturated rings. The number of rotatable bonds is 5. The van der Waals surface area contributed by atoms with Crippen LogP contribution in [0.15, 0.2) is 42.5 Å². The van der Waals surface area contributed by atoms with Gasteiger partial charge in [0.25, 0.3) is 0 Å². The molecule has 2 aromatic carbocycles. The van der Waals surface area contributed by atoms with Crippen molar-refractivity contribution in [3.05, 3.63) is 64.2 Å². The first-order chi connectivity index (χ1) is 9.63. The Morgan fingerprint density at radius 2 is 2.00 bits per heavy atom. The molecule has 0 bridgehead atoms. The van der Waals surface area contributed by atoms with Crippen LogP contribution < -0.4 is 10.1 Å². The molecule has 2 rings (SSSR count). The van der Waals surface area contributed by atoms with E-state index in [4.69, 9.17) is 16.3 Å². The fourth-order valence-electron chi connectivity index (χ4n) is 2.40. The van der Waals surface area contributed by atoms with Gasteiger partial charge in [0.15, 0.2) is 0 Å². The number of methoxy groups -OCH3 is 1. The van der Waals surface area contributed by atoms with Gasteiger partial charge in [-0.25, -0.2) is 0 Å². The van der Waals surface area contributed by atoms with Crippen molar-refractivity contribution in [2.24, 2.45) is 0 Å². The van der Waals surface area contributed by atoms with E-state index in [9.17, 15) is 0 Å². The molecule has 0 saturated carbocycles. The fraction of sp³-hybridized carbons (Fsp3) is 0.294. The quantitative estimate of drug-likeness (QED) is 0.892. The van der Waals surface area contributed by atoms with Gasteiger partial charge < -0.3 is 10.1 Å². The summed E-state index contributed by atoms with van der Waals surface area (Å²) in [5.74, 6) is 0.877. The van der Waals surface area contributed by atoms with Crippen molar-refractivity contribution in [2.45, 2.75) is 19.4 Å². The normalized spacial score (nSPS) is 12.2. The van der Waals surface area contributed by atoms with Crippen LogP contribution in [0.25, 0.3) is 0 Å². The van der Waals surface area contributed by atoms with Crippen molar-refractivity contribution in [2.75, 3.05) is 14.2 Å². The molecular formula is C17H20ClNO.